The summed E-state index contributed by atoms with van der Waals surface area (Å²) in [6.45, 7) is 0. The number of rotatable bonds is 4. The van der Waals surface area contributed by atoms with Crippen LogP contribution in [0, 0.1) is 0 Å². The highest BCUT2D eigenvalue weighted by atomic mass is 35.5. The van der Waals surface area contributed by atoms with Gasteiger partial charge in [0.2, 0.25) is 5.91 Å². The lowest BCUT2D eigenvalue weighted by Gasteiger charge is -2.17. The van der Waals surface area contributed by atoms with E-state index in [0.717, 1.165) is 11.1 Å². The zero-order valence-corrected chi connectivity index (χ0v) is 11.5. The van der Waals surface area contributed by atoms with Gasteiger partial charge in [-0.1, -0.05) is 54.1 Å². The molecule has 1 N–H and O–H groups in total. The summed E-state index contributed by atoms with van der Waals surface area (Å²) in [6, 6.07) is 17.7. The van der Waals surface area contributed by atoms with Crippen molar-refractivity contribution in [3.05, 3.63) is 70.7 Å². The van der Waals surface area contributed by atoms with Gasteiger partial charge in [0.25, 0.3) is 0 Å². The molecule has 0 spiro atoms. The standard InChI is InChI=1S/C16H16ClNO/c1-18-16(19)11-15(12-6-3-2-4-7-12)13-8-5-9-14(17)10-13/h2-10,15H,11H2,1H3,(H,18,19)/t15-/m1/s1. The van der Waals surface area contributed by atoms with Crippen LogP contribution >= 0.6 is 11.6 Å². The maximum Gasteiger partial charge on any atom is 0.220 e. The molecule has 98 valence electrons. The molecule has 0 radical (unpaired) electrons. The molecule has 1 amide bonds. The normalized spacial score (nSPS) is 11.9. The second kappa shape index (κ2) is 6.39. The van der Waals surface area contributed by atoms with Gasteiger partial charge in [-0.2, -0.15) is 0 Å². The van der Waals surface area contributed by atoms with Crippen LogP contribution in [0.15, 0.2) is 54.6 Å². The van der Waals surface area contributed by atoms with E-state index in [2.05, 4.69) is 5.32 Å². The van der Waals surface area contributed by atoms with Crippen molar-refractivity contribution in [2.24, 2.45) is 0 Å². The number of carbonyl (C=O) groups is 1. The van der Waals surface area contributed by atoms with Crippen molar-refractivity contribution >= 4 is 17.5 Å². The molecule has 0 aromatic heterocycles. The minimum Gasteiger partial charge on any atom is -0.359 e. The number of hydrogen-bond acceptors (Lipinski definition) is 1. The number of halogens is 1. The van der Waals surface area contributed by atoms with Crippen molar-refractivity contribution in [1.82, 2.24) is 5.32 Å². The molecule has 0 unspecified atom stereocenters. The fourth-order valence-corrected chi connectivity index (χ4v) is 2.32. The van der Waals surface area contributed by atoms with Crippen LogP contribution in [0.3, 0.4) is 0 Å². The van der Waals surface area contributed by atoms with Crippen molar-refractivity contribution in [2.75, 3.05) is 7.05 Å². The van der Waals surface area contributed by atoms with Crippen LogP contribution in [0.1, 0.15) is 23.5 Å². The SMILES string of the molecule is CNC(=O)C[C@H](c1ccccc1)c1cccc(Cl)c1. The van der Waals surface area contributed by atoms with Gasteiger partial charge in [0.15, 0.2) is 0 Å². The van der Waals surface area contributed by atoms with E-state index >= 15 is 0 Å². The predicted octanol–water partition coefficient (Wildman–Crippen LogP) is 3.61. The molecular weight excluding hydrogens is 258 g/mol. The summed E-state index contributed by atoms with van der Waals surface area (Å²) in [5.74, 6) is 0.0497. The first-order chi connectivity index (χ1) is 9.20. The van der Waals surface area contributed by atoms with Gasteiger partial charge in [0, 0.05) is 24.4 Å². The first-order valence-electron chi connectivity index (χ1n) is 6.21. The molecule has 2 rings (SSSR count). The van der Waals surface area contributed by atoms with Crippen molar-refractivity contribution < 1.29 is 4.79 Å². The van der Waals surface area contributed by atoms with Gasteiger partial charge in [-0.25, -0.2) is 0 Å². The molecule has 0 heterocycles. The summed E-state index contributed by atoms with van der Waals surface area (Å²) in [7, 11) is 1.66. The zero-order chi connectivity index (χ0) is 13.7. The zero-order valence-electron chi connectivity index (χ0n) is 10.8. The van der Waals surface area contributed by atoms with Gasteiger partial charge >= 0.3 is 0 Å². The molecule has 2 nitrogen and oxygen atoms in total. The van der Waals surface area contributed by atoms with Gasteiger partial charge in [-0.05, 0) is 23.3 Å². The Morgan fingerprint density at radius 2 is 1.79 bits per heavy atom. The predicted molar refractivity (Wildman–Crippen MR) is 78.4 cm³/mol. The van der Waals surface area contributed by atoms with Gasteiger partial charge < -0.3 is 5.32 Å². The molecule has 0 saturated heterocycles. The van der Waals surface area contributed by atoms with Gasteiger partial charge in [0.05, 0.1) is 0 Å². The van der Waals surface area contributed by atoms with E-state index < -0.39 is 0 Å². The Morgan fingerprint density at radius 1 is 1.11 bits per heavy atom. The highest BCUT2D eigenvalue weighted by molar-refractivity contribution is 6.30. The molecule has 3 heteroatoms. The highest BCUT2D eigenvalue weighted by Crippen LogP contribution is 2.29. The molecule has 0 aliphatic carbocycles. The quantitative estimate of drug-likeness (QED) is 0.906. The highest BCUT2D eigenvalue weighted by Gasteiger charge is 2.17. The molecule has 0 saturated carbocycles. The third-order valence-corrected chi connectivity index (χ3v) is 3.36. The van der Waals surface area contributed by atoms with Crippen LogP contribution in [0.25, 0.3) is 0 Å². The molecule has 2 aromatic rings. The minimum absolute atomic E-state index is 0.0221. The Bertz CT molecular complexity index is 554. The number of benzene rings is 2. The smallest absolute Gasteiger partial charge is 0.220 e. The van der Waals surface area contributed by atoms with Crippen molar-refractivity contribution in [2.45, 2.75) is 12.3 Å². The Hall–Kier alpha value is -1.80. The van der Waals surface area contributed by atoms with Gasteiger partial charge in [0.1, 0.15) is 0 Å². The van der Waals surface area contributed by atoms with E-state index in [9.17, 15) is 4.79 Å². The molecule has 19 heavy (non-hydrogen) atoms. The van der Waals surface area contributed by atoms with Crippen molar-refractivity contribution in [1.29, 1.82) is 0 Å². The van der Waals surface area contributed by atoms with Crippen LogP contribution in [-0.4, -0.2) is 13.0 Å². The van der Waals surface area contributed by atoms with E-state index in [1.54, 1.807) is 7.05 Å². The topological polar surface area (TPSA) is 29.1 Å². The Balaban J connectivity index is 2.37. The summed E-state index contributed by atoms with van der Waals surface area (Å²) in [5, 5.41) is 3.37. The fraction of sp³-hybridized carbons (Fsp3) is 0.188. The minimum atomic E-state index is 0.0221. The maximum absolute atomic E-state index is 11.7. The molecule has 0 aliphatic heterocycles. The Kier molecular flexibility index (Phi) is 4.58. The third-order valence-electron chi connectivity index (χ3n) is 3.12. The van der Waals surface area contributed by atoms with E-state index in [-0.39, 0.29) is 11.8 Å². The molecule has 0 bridgehead atoms. The van der Waals surface area contributed by atoms with E-state index in [1.807, 2.05) is 54.6 Å². The maximum atomic E-state index is 11.7. The average Bonchev–Trinajstić information content (AvgIpc) is 2.45. The van der Waals surface area contributed by atoms with Crippen LogP contribution in [0.2, 0.25) is 5.02 Å². The first kappa shape index (κ1) is 13.6. The lowest BCUT2D eigenvalue weighted by atomic mass is 9.88. The summed E-state index contributed by atoms with van der Waals surface area (Å²) in [4.78, 5) is 11.7. The summed E-state index contributed by atoms with van der Waals surface area (Å²) >= 11 is 6.05. The lowest BCUT2D eigenvalue weighted by Crippen LogP contribution is -2.21. The van der Waals surface area contributed by atoms with Crippen LogP contribution in [0.5, 0.6) is 0 Å². The monoisotopic (exact) mass is 273 g/mol. The number of amides is 1. The van der Waals surface area contributed by atoms with E-state index in [0.29, 0.717) is 11.4 Å². The molecule has 1 atom stereocenters. The average molecular weight is 274 g/mol. The second-order valence-corrected chi connectivity index (χ2v) is 4.83. The molecule has 0 fully saturated rings. The van der Waals surface area contributed by atoms with E-state index in [4.69, 9.17) is 11.6 Å². The fourth-order valence-electron chi connectivity index (χ4n) is 2.12. The third kappa shape index (κ3) is 3.58. The van der Waals surface area contributed by atoms with E-state index in [1.165, 1.54) is 0 Å². The van der Waals surface area contributed by atoms with Crippen LogP contribution in [0.4, 0.5) is 0 Å². The molecule has 2 aromatic carbocycles. The molecular formula is C16H16ClNO. The summed E-state index contributed by atoms with van der Waals surface area (Å²) < 4.78 is 0. The second-order valence-electron chi connectivity index (χ2n) is 4.40. The van der Waals surface area contributed by atoms with Crippen LogP contribution < -0.4 is 5.32 Å². The van der Waals surface area contributed by atoms with Crippen molar-refractivity contribution in [3.63, 3.8) is 0 Å². The summed E-state index contributed by atoms with van der Waals surface area (Å²) in [5.41, 5.74) is 2.18. The number of carbonyl (C=O) groups excluding carboxylic acids is 1. The summed E-state index contributed by atoms with van der Waals surface area (Å²) in [6.07, 6.45) is 0.418. The Morgan fingerprint density at radius 3 is 2.42 bits per heavy atom. The number of hydrogen-bond donors (Lipinski definition) is 1. The first-order valence-corrected chi connectivity index (χ1v) is 6.59. The Labute approximate surface area is 118 Å². The van der Waals surface area contributed by atoms with Crippen molar-refractivity contribution in [3.8, 4) is 0 Å². The van der Waals surface area contributed by atoms with Gasteiger partial charge in [-0.3, -0.25) is 4.79 Å². The van der Waals surface area contributed by atoms with Crippen LogP contribution in [-0.2, 0) is 4.79 Å². The van der Waals surface area contributed by atoms with Gasteiger partial charge in [-0.15, -0.1) is 0 Å². The number of nitrogens with one attached hydrogen (secondary N) is 1. The lowest BCUT2D eigenvalue weighted by molar-refractivity contribution is -0.120. The molecule has 0 aliphatic rings. The largest absolute Gasteiger partial charge is 0.359 e.